The molecule has 10 heavy (non-hydrogen) atoms. The van der Waals surface area contributed by atoms with Gasteiger partial charge in [-0.1, -0.05) is 6.58 Å². The van der Waals surface area contributed by atoms with Crippen molar-refractivity contribution in [2.24, 2.45) is 0 Å². The molecule has 0 aliphatic carbocycles. The largest absolute Gasteiger partial charge is 1.00 e. The fraction of sp³-hybridized carbons (Fsp3) is 0.250. The summed E-state index contributed by atoms with van der Waals surface area (Å²) >= 11 is 0. The Kier molecular flexibility index (Phi) is 4.95. The average Bonchev–Trinajstić information content (AvgIpc) is 1.62. The van der Waals surface area contributed by atoms with E-state index in [1.165, 1.54) is 6.92 Å². The van der Waals surface area contributed by atoms with Crippen molar-refractivity contribution in [1.29, 1.82) is 0 Å². The molecule has 0 saturated heterocycles. The second kappa shape index (κ2) is 3.94. The number of hydrogen-bond donors (Lipinski definition) is 1. The van der Waals surface area contributed by atoms with Crippen molar-refractivity contribution in [3.63, 3.8) is 0 Å². The molecule has 0 atom stereocenters. The van der Waals surface area contributed by atoms with Crippen LogP contribution >= 0.6 is 0 Å². The fourth-order valence-corrected chi connectivity index (χ4v) is 0.661. The van der Waals surface area contributed by atoms with Crippen molar-refractivity contribution in [2.45, 2.75) is 6.92 Å². The van der Waals surface area contributed by atoms with Gasteiger partial charge in [-0.05, 0) is 6.92 Å². The van der Waals surface area contributed by atoms with Gasteiger partial charge in [0.15, 0.2) is 0 Å². The van der Waals surface area contributed by atoms with E-state index >= 15 is 0 Å². The van der Waals surface area contributed by atoms with Gasteiger partial charge in [-0.15, -0.1) is 0 Å². The van der Waals surface area contributed by atoms with Crippen molar-refractivity contribution in [3.8, 4) is 0 Å². The maximum absolute atomic E-state index is 10.2. The Bertz CT molecular complexity index is 245. The van der Waals surface area contributed by atoms with Gasteiger partial charge in [0.05, 0.1) is 0 Å². The van der Waals surface area contributed by atoms with Gasteiger partial charge in [-0.3, -0.25) is 9.35 Å². The summed E-state index contributed by atoms with van der Waals surface area (Å²) in [7, 11) is -4.54. The summed E-state index contributed by atoms with van der Waals surface area (Å²) in [4.78, 5) is 10.2. The summed E-state index contributed by atoms with van der Waals surface area (Å²) in [6, 6.07) is 0. The Morgan fingerprint density at radius 2 is 1.90 bits per heavy atom. The summed E-state index contributed by atoms with van der Waals surface area (Å²) in [6.07, 6.45) is 0. The molecule has 0 bridgehead atoms. The zero-order valence-electron chi connectivity index (χ0n) is 6.79. The van der Waals surface area contributed by atoms with E-state index in [1.807, 2.05) is 0 Å². The van der Waals surface area contributed by atoms with E-state index in [9.17, 15) is 13.2 Å². The van der Waals surface area contributed by atoms with Gasteiger partial charge < -0.3 is 1.43 Å². The summed E-state index contributed by atoms with van der Waals surface area (Å²) in [5.41, 5.74) is -0.197. The Labute approximate surface area is 72.7 Å². The molecule has 0 amide bonds. The van der Waals surface area contributed by atoms with Crippen molar-refractivity contribution in [1.82, 2.24) is 0 Å². The number of carbonyl (C=O) groups excluding carboxylic acids is 1. The van der Waals surface area contributed by atoms with Gasteiger partial charge >= 0.3 is 29.0 Å². The first-order valence-corrected chi connectivity index (χ1v) is 3.47. The second-order valence-electron chi connectivity index (χ2n) is 1.54. The van der Waals surface area contributed by atoms with Crippen LogP contribution in [0.5, 0.6) is 0 Å². The van der Waals surface area contributed by atoms with Crippen molar-refractivity contribution in [2.75, 3.05) is 0 Å². The molecule has 54 valence electrons. The van der Waals surface area contributed by atoms with Crippen LogP contribution in [0, 0.1) is 0 Å². The first kappa shape index (κ1) is 12.6. The maximum Gasteiger partial charge on any atom is 1.00 e. The maximum atomic E-state index is 10.2. The van der Waals surface area contributed by atoms with Gasteiger partial charge in [0.25, 0.3) is 5.12 Å². The monoisotopic (exact) mass is 158 g/mol. The van der Waals surface area contributed by atoms with Crippen LogP contribution in [0.25, 0.3) is 0 Å². The molecule has 0 fully saturated rings. The molecule has 0 unspecified atom stereocenters. The molecule has 0 aromatic rings. The minimum atomic E-state index is -4.54. The Balaban J connectivity index is -0.000000320. The summed E-state index contributed by atoms with van der Waals surface area (Å²) in [6.45, 7) is 4.24. The van der Waals surface area contributed by atoms with E-state index in [1.54, 1.807) is 0 Å². The zero-order valence-corrected chi connectivity index (χ0v) is 6.60. The third-order valence-corrected chi connectivity index (χ3v) is 1.40. The molecular formula is C4H7LiO4S. The summed E-state index contributed by atoms with van der Waals surface area (Å²) in [5.74, 6) is 0. The van der Waals surface area contributed by atoms with Gasteiger partial charge in [0.1, 0.15) is 0 Å². The van der Waals surface area contributed by atoms with Gasteiger partial charge in [-0.2, -0.15) is 8.42 Å². The number of hydrogen-bond acceptors (Lipinski definition) is 3. The third-order valence-electron chi connectivity index (χ3n) is 0.583. The van der Waals surface area contributed by atoms with Crippen LogP contribution in [0.15, 0.2) is 12.2 Å². The van der Waals surface area contributed by atoms with Crippen LogP contribution in [0.1, 0.15) is 8.35 Å². The molecule has 0 saturated carbocycles. The fourth-order valence-electron chi connectivity index (χ4n) is 0.220. The molecule has 0 aliphatic heterocycles. The summed E-state index contributed by atoms with van der Waals surface area (Å²) < 4.78 is 27.9. The predicted octanol–water partition coefficient (Wildman–Crippen LogP) is -2.91. The molecule has 0 aromatic heterocycles. The molecule has 0 rings (SSSR count). The Morgan fingerprint density at radius 1 is 1.60 bits per heavy atom. The molecule has 0 heterocycles. The molecule has 0 aliphatic rings. The Morgan fingerprint density at radius 3 is 1.90 bits per heavy atom. The van der Waals surface area contributed by atoms with E-state index in [2.05, 4.69) is 6.58 Å². The predicted molar refractivity (Wildman–Crippen MR) is 32.5 cm³/mol. The second-order valence-corrected chi connectivity index (χ2v) is 2.86. The first-order valence-electron chi connectivity index (χ1n) is 2.03. The van der Waals surface area contributed by atoms with Crippen molar-refractivity contribution < 1.29 is 38.1 Å². The molecule has 0 spiro atoms. The molecule has 1 N–H and O–H groups in total. The normalized spacial score (nSPS) is 9.80. The van der Waals surface area contributed by atoms with E-state index in [4.69, 9.17) is 4.55 Å². The Hall–Kier alpha value is -0.0826. The van der Waals surface area contributed by atoms with Crippen molar-refractivity contribution in [3.05, 3.63) is 12.2 Å². The number of rotatable bonds is 1. The van der Waals surface area contributed by atoms with Crippen LogP contribution in [-0.2, 0) is 14.9 Å². The third kappa shape index (κ3) is 3.85. The topological polar surface area (TPSA) is 71.4 Å². The van der Waals surface area contributed by atoms with Crippen LogP contribution in [0.2, 0.25) is 0 Å². The van der Waals surface area contributed by atoms with Gasteiger partial charge in [-0.25, -0.2) is 0 Å². The van der Waals surface area contributed by atoms with E-state index in [-0.39, 0.29) is 25.9 Å². The SMILES string of the molecule is C=C(C)C(=O)S(=O)(=O)O.[H-].[Li+]. The smallest absolute Gasteiger partial charge is 1.00 e. The van der Waals surface area contributed by atoms with E-state index in [0.717, 1.165) is 0 Å². The van der Waals surface area contributed by atoms with Crippen LogP contribution in [-0.4, -0.2) is 18.1 Å². The minimum Gasteiger partial charge on any atom is -1.00 e. The zero-order chi connectivity index (χ0) is 7.65. The van der Waals surface area contributed by atoms with E-state index < -0.39 is 15.2 Å². The molecular weight excluding hydrogens is 151 g/mol. The molecule has 4 nitrogen and oxygen atoms in total. The molecule has 0 aromatic carbocycles. The van der Waals surface area contributed by atoms with Gasteiger partial charge in [0, 0.05) is 5.57 Å². The quantitative estimate of drug-likeness (QED) is 0.252. The van der Waals surface area contributed by atoms with Crippen LogP contribution < -0.4 is 18.9 Å². The molecule has 0 radical (unpaired) electrons. The molecule has 6 heteroatoms. The average molecular weight is 158 g/mol. The van der Waals surface area contributed by atoms with Crippen molar-refractivity contribution >= 4 is 15.2 Å². The number of carbonyl (C=O) groups is 1. The first-order chi connectivity index (χ1) is 3.85. The minimum absolute atomic E-state index is 0. The standard InChI is InChI=1S/C4H6O4S.Li.H/c1-3(2)4(5)9(6,7)8;;/h1H2,2H3,(H,6,7,8);;/q;+1;-1. The summed E-state index contributed by atoms with van der Waals surface area (Å²) in [5, 5.41) is -1.33. The van der Waals surface area contributed by atoms with Gasteiger partial charge in [0.2, 0.25) is 0 Å². The van der Waals surface area contributed by atoms with E-state index in [0.29, 0.717) is 0 Å². The van der Waals surface area contributed by atoms with Crippen LogP contribution in [0.3, 0.4) is 0 Å². The van der Waals surface area contributed by atoms with Crippen LogP contribution in [0.4, 0.5) is 0 Å².